The Morgan fingerprint density at radius 2 is 1.56 bits per heavy atom. The molecule has 0 rings (SSSR count). The molecule has 1 unspecified atom stereocenters. The molecule has 18 heavy (non-hydrogen) atoms. The van der Waals surface area contributed by atoms with Crippen molar-refractivity contribution in [2.24, 2.45) is 11.3 Å². The molecular weight excluding hydrogens is 220 g/mol. The van der Waals surface area contributed by atoms with Gasteiger partial charge in [-0.2, -0.15) is 0 Å². The van der Waals surface area contributed by atoms with Crippen molar-refractivity contribution in [2.75, 3.05) is 19.6 Å². The highest BCUT2D eigenvalue weighted by Gasteiger charge is 2.27. The van der Waals surface area contributed by atoms with Crippen LogP contribution >= 0.6 is 0 Å². The van der Waals surface area contributed by atoms with E-state index in [9.17, 15) is 0 Å². The summed E-state index contributed by atoms with van der Waals surface area (Å²) in [5.41, 5.74) is 0.319. The van der Waals surface area contributed by atoms with Gasteiger partial charge in [0.25, 0.3) is 0 Å². The molecule has 0 aromatic rings. The van der Waals surface area contributed by atoms with Gasteiger partial charge in [-0.25, -0.2) is 0 Å². The number of hydrogen-bond donors (Lipinski definition) is 1. The van der Waals surface area contributed by atoms with Crippen molar-refractivity contribution in [3.05, 3.63) is 0 Å². The lowest BCUT2D eigenvalue weighted by atomic mass is 9.86. The molecule has 0 spiro atoms. The third-order valence-corrected chi connectivity index (χ3v) is 3.43. The van der Waals surface area contributed by atoms with E-state index < -0.39 is 0 Å². The fraction of sp³-hybridized carbons (Fsp3) is 1.00. The number of rotatable bonds is 8. The predicted octanol–water partition coefficient (Wildman–Crippen LogP) is 3.77. The molecule has 0 aromatic heterocycles. The van der Waals surface area contributed by atoms with E-state index in [0.717, 1.165) is 19.0 Å². The first-order valence-corrected chi connectivity index (χ1v) is 7.65. The maximum atomic E-state index is 3.73. The summed E-state index contributed by atoms with van der Waals surface area (Å²) in [4.78, 5) is 2.61. The van der Waals surface area contributed by atoms with Gasteiger partial charge in [0.05, 0.1) is 0 Å². The Bertz CT molecular complexity index is 204. The van der Waals surface area contributed by atoms with E-state index >= 15 is 0 Å². The molecule has 0 radical (unpaired) electrons. The van der Waals surface area contributed by atoms with Gasteiger partial charge in [-0.3, -0.25) is 4.90 Å². The van der Waals surface area contributed by atoms with E-state index in [1.807, 2.05) is 0 Å². The van der Waals surface area contributed by atoms with Gasteiger partial charge in [-0.1, -0.05) is 41.5 Å². The lowest BCUT2D eigenvalue weighted by Gasteiger charge is -2.38. The summed E-state index contributed by atoms with van der Waals surface area (Å²) in [7, 11) is 0. The molecule has 0 aliphatic heterocycles. The van der Waals surface area contributed by atoms with Crippen LogP contribution in [0.3, 0.4) is 0 Å². The zero-order valence-corrected chi connectivity index (χ0v) is 14.0. The lowest BCUT2D eigenvalue weighted by molar-refractivity contribution is 0.134. The van der Waals surface area contributed by atoms with Crippen molar-refractivity contribution in [2.45, 2.75) is 73.9 Å². The van der Waals surface area contributed by atoms with E-state index in [1.54, 1.807) is 0 Å². The molecule has 0 aromatic carbocycles. The van der Waals surface area contributed by atoms with Gasteiger partial charge < -0.3 is 5.32 Å². The molecule has 110 valence electrons. The van der Waals surface area contributed by atoms with Crippen LogP contribution in [0.5, 0.6) is 0 Å². The quantitative estimate of drug-likeness (QED) is 0.711. The fourth-order valence-electron chi connectivity index (χ4n) is 2.16. The Kier molecular flexibility index (Phi) is 8.13. The Morgan fingerprint density at radius 1 is 1.00 bits per heavy atom. The van der Waals surface area contributed by atoms with Crippen LogP contribution in [0, 0.1) is 11.3 Å². The van der Waals surface area contributed by atoms with Crippen LogP contribution in [0.15, 0.2) is 0 Å². The molecule has 0 saturated carbocycles. The maximum absolute atomic E-state index is 3.73. The number of nitrogens with zero attached hydrogens (tertiary/aromatic N) is 1. The third kappa shape index (κ3) is 7.38. The Balaban J connectivity index is 4.59. The van der Waals surface area contributed by atoms with Gasteiger partial charge in [-0.15, -0.1) is 0 Å². The SMILES string of the molecule is CCCNC(CN(CC(C)C)C(C)C)C(C)(C)C. The first kappa shape index (κ1) is 17.9. The van der Waals surface area contributed by atoms with Crippen LogP contribution in [-0.4, -0.2) is 36.6 Å². The normalized spacial score (nSPS) is 14.8. The van der Waals surface area contributed by atoms with Crippen molar-refractivity contribution in [3.8, 4) is 0 Å². The predicted molar refractivity (Wildman–Crippen MR) is 83.1 cm³/mol. The van der Waals surface area contributed by atoms with Crippen LogP contribution in [-0.2, 0) is 0 Å². The monoisotopic (exact) mass is 256 g/mol. The highest BCUT2D eigenvalue weighted by atomic mass is 15.2. The molecule has 0 fully saturated rings. The average molecular weight is 256 g/mol. The molecular formula is C16H36N2. The molecule has 2 nitrogen and oxygen atoms in total. The van der Waals surface area contributed by atoms with E-state index in [0.29, 0.717) is 17.5 Å². The molecule has 0 heterocycles. The molecule has 1 N–H and O–H groups in total. The van der Waals surface area contributed by atoms with E-state index in [-0.39, 0.29) is 0 Å². The second kappa shape index (κ2) is 8.16. The van der Waals surface area contributed by atoms with Gasteiger partial charge in [0.2, 0.25) is 0 Å². The average Bonchev–Trinajstić information content (AvgIpc) is 2.19. The van der Waals surface area contributed by atoms with E-state index in [2.05, 4.69) is 65.6 Å². The molecule has 0 aliphatic carbocycles. The Labute approximate surface area is 116 Å². The standard InChI is InChI=1S/C16H36N2/c1-9-10-17-15(16(6,7)8)12-18(14(4)5)11-13(2)3/h13-15,17H,9-12H2,1-8H3. The smallest absolute Gasteiger partial charge is 0.0243 e. The molecule has 0 bridgehead atoms. The van der Waals surface area contributed by atoms with Gasteiger partial charge in [0, 0.05) is 25.2 Å². The highest BCUT2D eigenvalue weighted by molar-refractivity contribution is 4.84. The molecule has 0 saturated heterocycles. The van der Waals surface area contributed by atoms with E-state index in [1.165, 1.54) is 13.0 Å². The minimum atomic E-state index is 0.319. The van der Waals surface area contributed by atoms with Gasteiger partial charge in [0.15, 0.2) is 0 Å². The van der Waals surface area contributed by atoms with Crippen LogP contribution in [0.1, 0.15) is 61.8 Å². The van der Waals surface area contributed by atoms with Gasteiger partial charge in [-0.05, 0) is 38.1 Å². The summed E-state index contributed by atoms with van der Waals surface area (Å²) < 4.78 is 0. The topological polar surface area (TPSA) is 15.3 Å². The summed E-state index contributed by atoms with van der Waals surface area (Å²) in [5, 5.41) is 3.73. The first-order chi connectivity index (χ1) is 8.18. The van der Waals surface area contributed by atoms with Gasteiger partial charge >= 0.3 is 0 Å². The minimum Gasteiger partial charge on any atom is -0.312 e. The van der Waals surface area contributed by atoms with Gasteiger partial charge in [0.1, 0.15) is 0 Å². The van der Waals surface area contributed by atoms with Crippen molar-refractivity contribution in [1.29, 1.82) is 0 Å². The number of nitrogens with one attached hydrogen (secondary N) is 1. The molecule has 2 heteroatoms. The second-order valence-corrected chi connectivity index (χ2v) is 7.31. The summed E-state index contributed by atoms with van der Waals surface area (Å²) in [6, 6.07) is 1.19. The van der Waals surface area contributed by atoms with Crippen molar-refractivity contribution in [3.63, 3.8) is 0 Å². The van der Waals surface area contributed by atoms with Crippen LogP contribution in [0.2, 0.25) is 0 Å². The fourth-order valence-corrected chi connectivity index (χ4v) is 2.16. The number of hydrogen-bond acceptors (Lipinski definition) is 2. The van der Waals surface area contributed by atoms with Crippen LogP contribution in [0.4, 0.5) is 0 Å². The molecule has 1 atom stereocenters. The molecule has 0 amide bonds. The lowest BCUT2D eigenvalue weighted by Crippen LogP contribution is -2.51. The maximum Gasteiger partial charge on any atom is 0.0243 e. The highest BCUT2D eigenvalue weighted by Crippen LogP contribution is 2.21. The van der Waals surface area contributed by atoms with Crippen molar-refractivity contribution < 1.29 is 0 Å². The zero-order valence-electron chi connectivity index (χ0n) is 14.0. The second-order valence-electron chi connectivity index (χ2n) is 7.31. The van der Waals surface area contributed by atoms with E-state index in [4.69, 9.17) is 0 Å². The first-order valence-electron chi connectivity index (χ1n) is 7.65. The van der Waals surface area contributed by atoms with Crippen LogP contribution in [0.25, 0.3) is 0 Å². The largest absolute Gasteiger partial charge is 0.312 e. The van der Waals surface area contributed by atoms with Crippen molar-refractivity contribution >= 4 is 0 Å². The Morgan fingerprint density at radius 3 is 1.89 bits per heavy atom. The van der Waals surface area contributed by atoms with Crippen molar-refractivity contribution in [1.82, 2.24) is 10.2 Å². The zero-order chi connectivity index (χ0) is 14.3. The van der Waals surface area contributed by atoms with Crippen LogP contribution < -0.4 is 5.32 Å². The Hall–Kier alpha value is -0.0800. The molecule has 0 aliphatic rings. The minimum absolute atomic E-state index is 0.319. The summed E-state index contributed by atoms with van der Waals surface area (Å²) in [5.74, 6) is 0.735. The summed E-state index contributed by atoms with van der Waals surface area (Å²) >= 11 is 0. The summed E-state index contributed by atoms with van der Waals surface area (Å²) in [6.07, 6.45) is 1.21. The third-order valence-electron chi connectivity index (χ3n) is 3.43. The summed E-state index contributed by atoms with van der Waals surface area (Å²) in [6.45, 7) is 22.0.